The third-order valence-corrected chi connectivity index (χ3v) is 5.71. The molecular weight excluding hydrogens is 437 g/mol. The summed E-state index contributed by atoms with van der Waals surface area (Å²) in [5.74, 6) is 0.603. The Morgan fingerprint density at radius 1 is 0.806 bits per heavy atom. The lowest BCUT2D eigenvalue weighted by Gasteiger charge is -2.02. The van der Waals surface area contributed by atoms with Crippen LogP contribution in [0, 0.1) is 5.82 Å². The normalized spacial score (nSPS) is 11.0. The summed E-state index contributed by atoms with van der Waals surface area (Å²) in [6, 6.07) is 21.1. The molecule has 5 rings (SSSR count). The van der Waals surface area contributed by atoms with Crippen LogP contribution in [0.15, 0.2) is 98.1 Å². The van der Waals surface area contributed by atoms with E-state index in [0.29, 0.717) is 33.1 Å². The fraction of sp³-hybridized carbons (Fsp3) is 0. The van der Waals surface area contributed by atoms with Gasteiger partial charge in [0.05, 0.1) is 0 Å². The molecule has 0 aliphatic heterocycles. The molecule has 0 atom stereocenters. The molecule has 5 nitrogen and oxygen atoms in total. The Balaban J connectivity index is 1.55. The van der Waals surface area contributed by atoms with Gasteiger partial charge in [-0.15, -0.1) is 0 Å². The van der Waals surface area contributed by atoms with Crippen molar-refractivity contribution in [2.75, 3.05) is 0 Å². The van der Waals surface area contributed by atoms with E-state index in [0.717, 1.165) is 16.0 Å². The maximum Gasteiger partial charge on any atom is 0.228 e. The van der Waals surface area contributed by atoms with Crippen LogP contribution in [-0.4, -0.2) is 15.1 Å². The van der Waals surface area contributed by atoms with Gasteiger partial charge in [0.1, 0.15) is 11.5 Å². The average molecular weight is 450 g/mol. The first-order valence-electron chi connectivity index (χ1n) is 9.23. The highest BCUT2D eigenvalue weighted by Crippen LogP contribution is 2.39. The van der Waals surface area contributed by atoms with Crippen molar-refractivity contribution in [1.29, 1.82) is 0 Å². The molecule has 5 aromatic rings. The molecule has 0 N–H and O–H groups in total. The predicted octanol–water partition coefficient (Wildman–Crippen LogP) is 7.00. The Labute approximate surface area is 185 Å². The SMILES string of the molecule is Fc1ccc(-c2nc(-c3ccc(-c4ncon4)cc3)c(Sc3ccc(Cl)cc3)o2)cc1. The lowest BCUT2D eigenvalue weighted by atomic mass is 10.1. The minimum absolute atomic E-state index is 0.316. The van der Waals surface area contributed by atoms with Crippen molar-refractivity contribution < 1.29 is 13.3 Å². The van der Waals surface area contributed by atoms with Crippen LogP contribution in [0.2, 0.25) is 5.02 Å². The monoisotopic (exact) mass is 449 g/mol. The highest BCUT2D eigenvalue weighted by Gasteiger charge is 2.18. The minimum atomic E-state index is -0.316. The van der Waals surface area contributed by atoms with Gasteiger partial charge in [-0.2, -0.15) is 4.98 Å². The molecule has 152 valence electrons. The lowest BCUT2D eigenvalue weighted by molar-refractivity contribution is 0.419. The smallest absolute Gasteiger partial charge is 0.228 e. The third kappa shape index (κ3) is 4.23. The van der Waals surface area contributed by atoms with Crippen molar-refractivity contribution in [3.63, 3.8) is 0 Å². The Hall–Kier alpha value is -3.42. The molecule has 0 amide bonds. The number of hydrogen-bond donors (Lipinski definition) is 0. The molecule has 0 fully saturated rings. The van der Waals surface area contributed by atoms with Gasteiger partial charge in [-0.3, -0.25) is 0 Å². The van der Waals surface area contributed by atoms with Gasteiger partial charge >= 0.3 is 0 Å². The topological polar surface area (TPSA) is 65.0 Å². The van der Waals surface area contributed by atoms with Gasteiger partial charge in [-0.1, -0.05) is 41.0 Å². The number of hydrogen-bond acceptors (Lipinski definition) is 6. The van der Waals surface area contributed by atoms with Gasteiger partial charge in [0.2, 0.25) is 18.1 Å². The van der Waals surface area contributed by atoms with Gasteiger partial charge in [0, 0.05) is 26.6 Å². The molecule has 3 aromatic carbocycles. The van der Waals surface area contributed by atoms with E-state index in [1.54, 1.807) is 12.1 Å². The van der Waals surface area contributed by atoms with Gasteiger partial charge in [-0.25, -0.2) is 9.37 Å². The van der Waals surface area contributed by atoms with Crippen LogP contribution in [-0.2, 0) is 0 Å². The highest BCUT2D eigenvalue weighted by molar-refractivity contribution is 7.99. The van der Waals surface area contributed by atoms with Crippen LogP contribution in [0.25, 0.3) is 34.1 Å². The minimum Gasteiger partial charge on any atom is -0.429 e. The summed E-state index contributed by atoms with van der Waals surface area (Å²) >= 11 is 7.44. The summed E-state index contributed by atoms with van der Waals surface area (Å²) in [6.07, 6.45) is 1.29. The molecule has 0 spiro atoms. The summed E-state index contributed by atoms with van der Waals surface area (Å²) in [5, 5.41) is 5.13. The fourth-order valence-corrected chi connectivity index (χ4v) is 3.95. The van der Waals surface area contributed by atoms with E-state index in [9.17, 15) is 4.39 Å². The van der Waals surface area contributed by atoms with Crippen molar-refractivity contribution in [2.24, 2.45) is 0 Å². The van der Waals surface area contributed by atoms with Gasteiger partial charge in [0.15, 0.2) is 5.09 Å². The molecule has 31 heavy (non-hydrogen) atoms. The summed E-state index contributed by atoms with van der Waals surface area (Å²) in [5.41, 5.74) is 3.06. The number of oxazole rings is 1. The molecular formula is C23H13ClFN3O2S. The van der Waals surface area contributed by atoms with Crippen molar-refractivity contribution in [2.45, 2.75) is 9.99 Å². The first kappa shape index (κ1) is 19.5. The largest absolute Gasteiger partial charge is 0.429 e. The van der Waals surface area contributed by atoms with Crippen LogP contribution in [0.3, 0.4) is 0 Å². The number of benzene rings is 3. The predicted molar refractivity (Wildman–Crippen MR) is 116 cm³/mol. The number of aromatic nitrogens is 3. The second-order valence-electron chi connectivity index (χ2n) is 6.55. The molecule has 0 bridgehead atoms. The van der Waals surface area contributed by atoms with Crippen molar-refractivity contribution in [1.82, 2.24) is 15.1 Å². The van der Waals surface area contributed by atoms with Crippen LogP contribution in [0.1, 0.15) is 0 Å². The summed E-state index contributed by atoms with van der Waals surface area (Å²) in [6.45, 7) is 0. The van der Waals surface area contributed by atoms with E-state index in [2.05, 4.69) is 10.1 Å². The summed E-state index contributed by atoms with van der Waals surface area (Å²) in [4.78, 5) is 9.72. The molecule has 0 radical (unpaired) electrons. The van der Waals surface area contributed by atoms with Crippen molar-refractivity contribution >= 4 is 23.4 Å². The zero-order chi connectivity index (χ0) is 21.2. The third-order valence-electron chi connectivity index (χ3n) is 4.49. The second-order valence-corrected chi connectivity index (χ2v) is 8.03. The standard InChI is InChI=1S/C23H13ClFN3O2S/c24-17-7-11-19(12-8-17)31-23-20(27-22(30-23)16-5-9-18(25)10-6-16)14-1-3-15(4-2-14)21-26-13-29-28-21/h1-13H. The molecule has 0 aliphatic rings. The highest BCUT2D eigenvalue weighted by atomic mass is 35.5. The molecule has 0 aliphatic carbocycles. The molecule has 2 heterocycles. The lowest BCUT2D eigenvalue weighted by Crippen LogP contribution is -1.84. The van der Waals surface area contributed by atoms with Gasteiger partial charge in [-0.05, 0) is 60.3 Å². The van der Waals surface area contributed by atoms with E-state index in [1.165, 1.54) is 30.3 Å². The van der Waals surface area contributed by atoms with E-state index >= 15 is 0 Å². The van der Waals surface area contributed by atoms with E-state index in [1.807, 2.05) is 48.5 Å². The van der Waals surface area contributed by atoms with Crippen LogP contribution >= 0.6 is 23.4 Å². The van der Waals surface area contributed by atoms with Gasteiger partial charge in [0.25, 0.3) is 0 Å². The Morgan fingerprint density at radius 2 is 1.48 bits per heavy atom. The summed E-state index contributed by atoms with van der Waals surface area (Å²) < 4.78 is 24.2. The maximum atomic E-state index is 13.3. The molecule has 0 saturated heterocycles. The molecule has 0 unspecified atom stereocenters. The molecule has 2 aromatic heterocycles. The number of nitrogens with zero attached hydrogens (tertiary/aromatic N) is 3. The first-order valence-corrected chi connectivity index (χ1v) is 10.4. The van der Waals surface area contributed by atoms with E-state index in [-0.39, 0.29) is 5.82 Å². The maximum absolute atomic E-state index is 13.3. The summed E-state index contributed by atoms with van der Waals surface area (Å²) in [7, 11) is 0. The fourth-order valence-electron chi connectivity index (χ4n) is 2.96. The van der Waals surface area contributed by atoms with Crippen LogP contribution in [0.5, 0.6) is 0 Å². The Bertz CT molecular complexity index is 1300. The van der Waals surface area contributed by atoms with Crippen LogP contribution < -0.4 is 0 Å². The molecule has 0 saturated carbocycles. The zero-order valence-corrected chi connectivity index (χ0v) is 17.4. The zero-order valence-electron chi connectivity index (χ0n) is 15.8. The van der Waals surface area contributed by atoms with Gasteiger partial charge < -0.3 is 8.94 Å². The quantitative estimate of drug-likeness (QED) is 0.287. The van der Waals surface area contributed by atoms with Crippen molar-refractivity contribution in [3.05, 3.63) is 90.0 Å². The number of halogens is 2. The van der Waals surface area contributed by atoms with Crippen LogP contribution in [0.4, 0.5) is 4.39 Å². The number of rotatable bonds is 5. The molecule has 8 heteroatoms. The first-order chi connectivity index (χ1) is 15.2. The van der Waals surface area contributed by atoms with E-state index < -0.39 is 0 Å². The van der Waals surface area contributed by atoms with E-state index in [4.69, 9.17) is 25.5 Å². The second kappa shape index (κ2) is 8.37. The Morgan fingerprint density at radius 3 is 2.16 bits per heavy atom. The van der Waals surface area contributed by atoms with Crippen molar-refractivity contribution in [3.8, 4) is 34.1 Å². The Kier molecular flexibility index (Phi) is 5.28. The average Bonchev–Trinajstić information content (AvgIpc) is 3.47.